The van der Waals surface area contributed by atoms with Gasteiger partial charge in [-0.25, -0.2) is 9.67 Å². The van der Waals surface area contributed by atoms with Crippen molar-refractivity contribution < 1.29 is 5.11 Å². The fourth-order valence-electron chi connectivity index (χ4n) is 2.60. The number of halogens is 1. The highest BCUT2D eigenvalue weighted by Crippen LogP contribution is 2.28. The molecule has 1 atom stereocenters. The van der Waals surface area contributed by atoms with E-state index in [0.717, 1.165) is 11.2 Å². The molecular weight excluding hydrogens is 312 g/mol. The lowest BCUT2D eigenvalue weighted by molar-refractivity contribution is 0.208. The van der Waals surface area contributed by atoms with Crippen molar-refractivity contribution in [2.45, 2.75) is 6.10 Å². The van der Waals surface area contributed by atoms with Gasteiger partial charge in [0.25, 0.3) is 0 Å². The molecule has 0 amide bonds. The SMILES string of the molecule is O[C@@H](c1ccn(-c2ccccc2)n1)c1c(Cl)ccc2cncn12. The summed E-state index contributed by atoms with van der Waals surface area (Å²) in [4.78, 5) is 4.10. The first-order valence-electron chi connectivity index (χ1n) is 7.13. The summed E-state index contributed by atoms with van der Waals surface area (Å²) in [5.41, 5.74) is 2.88. The highest BCUT2D eigenvalue weighted by Gasteiger charge is 2.20. The van der Waals surface area contributed by atoms with E-state index < -0.39 is 6.10 Å². The Bertz CT molecular complexity index is 961. The zero-order chi connectivity index (χ0) is 15.8. The monoisotopic (exact) mass is 324 g/mol. The predicted octanol–water partition coefficient (Wildman–Crippen LogP) is 3.26. The minimum atomic E-state index is -0.939. The number of hydrogen-bond donors (Lipinski definition) is 1. The molecule has 3 heterocycles. The Morgan fingerprint density at radius 3 is 2.70 bits per heavy atom. The Labute approximate surface area is 137 Å². The fraction of sp³-hybridized carbons (Fsp3) is 0.0588. The van der Waals surface area contributed by atoms with Crippen molar-refractivity contribution in [3.05, 3.63) is 83.7 Å². The van der Waals surface area contributed by atoms with Crippen LogP contribution in [0.5, 0.6) is 0 Å². The van der Waals surface area contributed by atoms with Crippen molar-refractivity contribution in [3.63, 3.8) is 0 Å². The molecule has 0 aliphatic rings. The predicted molar refractivity (Wildman–Crippen MR) is 87.8 cm³/mol. The molecule has 6 heteroatoms. The summed E-state index contributed by atoms with van der Waals surface area (Å²) in [6, 6.07) is 15.1. The lowest BCUT2D eigenvalue weighted by atomic mass is 10.1. The Hall–Kier alpha value is -2.63. The van der Waals surface area contributed by atoms with E-state index in [-0.39, 0.29) is 0 Å². The van der Waals surface area contributed by atoms with Crippen molar-refractivity contribution in [3.8, 4) is 5.69 Å². The van der Waals surface area contributed by atoms with E-state index in [1.807, 2.05) is 42.6 Å². The van der Waals surface area contributed by atoms with E-state index in [9.17, 15) is 5.11 Å². The molecule has 0 saturated heterocycles. The first-order valence-corrected chi connectivity index (χ1v) is 7.51. The molecule has 0 aliphatic heterocycles. The molecule has 0 aliphatic carbocycles. The summed E-state index contributed by atoms with van der Waals surface area (Å²) >= 11 is 6.29. The lowest BCUT2D eigenvalue weighted by Crippen LogP contribution is -2.08. The van der Waals surface area contributed by atoms with Crippen LogP contribution in [-0.4, -0.2) is 24.3 Å². The average Bonchev–Trinajstić information content (AvgIpc) is 3.24. The van der Waals surface area contributed by atoms with E-state index in [2.05, 4.69) is 10.1 Å². The number of aliphatic hydroxyl groups excluding tert-OH is 1. The van der Waals surface area contributed by atoms with Gasteiger partial charge in [0.1, 0.15) is 6.10 Å². The Balaban J connectivity index is 1.77. The summed E-state index contributed by atoms with van der Waals surface area (Å²) in [6.45, 7) is 0. The number of nitrogens with zero attached hydrogens (tertiary/aromatic N) is 4. The molecule has 1 aromatic carbocycles. The van der Waals surface area contributed by atoms with Crippen molar-refractivity contribution in [2.24, 2.45) is 0 Å². The largest absolute Gasteiger partial charge is 0.380 e. The van der Waals surface area contributed by atoms with Crippen LogP contribution in [0.2, 0.25) is 5.02 Å². The standard InChI is InChI=1S/C17H13ClN4O/c18-14-7-6-13-10-19-11-21(13)16(14)17(23)15-8-9-22(20-15)12-4-2-1-3-5-12/h1-11,17,23H/t17-/m0/s1. The Morgan fingerprint density at radius 2 is 1.87 bits per heavy atom. The second-order valence-electron chi connectivity index (χ2n) is 5.18. The van der Waals surface area contributed by atoms with Gasteiger partial charge in [-0.1, -0.05) is 29.8 Å². The third-order valence-electron chi connectivity index (χ3n) is 3.74. The van der Waals surface area contributed by atoms with Gasteiger partial charge in [-0.05, 0) is 30.3 Å². The molecule has 0 bridgehead atoms. The normalized spacial score (nSPS) is 12.6. The first-order chi connectivity index (χ1) is 11.2. The minimum Gasteiger partial charge on any atom is -0.380 e. The Kier molecular flexibility index (Phi) is 3.37. The van der Waals surface area contributed by atoms with Crippen LogP contribution in [0.15, 0.2) is 67.3 Å². The molecule has 4 aromatic rings. The van der Waals surface area contributed by atoms with Gasteiger partial charge in [0, 0.05) is 6.20 Å². The molecule has 23 heavy (non-hydrogen) atoms. The summed E-state index contributed by atoms with van der Waals surface area (Å²) in [6.07, 6.45) is 4.23. The number of para-hydroxylation sites is 1. The molecule has 114 valence electrons. The molecule has 0 radical (unpaired) electrons. The van der Waals surface area contributed by atoms with Gasteiger partial charge in [-0.2, -0.15) is 5.10 Å². The highest BCUT2D eigenvalue weighted by atomic mass is 35.5. The number of benzene rings is 1. The van der Waals surface area contributed by atoms with Crippen molar-refractivity contribution in [1.82, 2.24) is 19.2 Å². The quantitative estimate of drug-likeness (QED) is 0.629. The van der Waals surface area contributed by atoms with E-state index in [1.54, 1.807) is 33.7 Å². The third-order valence-corrected chi connectivity index (χ3v) is 4.06. The molecule has 0 unspecified atom stereocenters. The molecule has 5 nitrogen and oxygen atoms in total. The van der Waals surface area contributed by atoms with Crippen molar-refractivity contribution in [1.29, 1.82) is 0 Å². The maximum Gasteiger partial charge on any atom is 0.140 e. The van der Waals surface area contributed by atoms with E-state index >= 15 is 0 Å². The number of rotatable bonds is 3. The molecule has 4 rings (SSSR count). The van der Waals surface area contributed by atoms with E-state index in [1.165, 1.54) is 0 Å². The van der Waals surface area contributed by atoms with Crippen LogP contribution in [0.1, 0.15) is 17.5 Å². The van der Waals surface area contributed by atoms with Crippen LogP contribution in [0.4, 0.5) is 0 Å². The number of imidazole rings is 1. The molecule has 0 saturated carbocycles. The topological polar surface area (TPSA) is 55.3 Å². The van der Waals surface area contributed by atoms with Crippen molar-refractivity contribution >= 4 is 17.1 Å². The third kappa shape index (κ3) is 2.40. The minimum absolute atomic E-state index is 0.470. The maximum atomic E-state index is 10.7. The number of fused-ring (bicyclic) bond motifs is 1. The molecular formula is C17H13ClN4O. The molecule has 1 N–H and O–H groups in total. The zero-order valence-corrected chi connectivity index (χ0v) is 12.8. The first kappa shape index (κ1) is 14.0. The smallest absolute Gasteiger partial charge is 0.140 e. The van der Waals surface area contributed by atoms with Gasteiger partial charge in [0.05, 0.1) is 40.1 Å². The van der Waals surface area contributed by atoms with Gasteiger partial charge in [-0.15, -0.1) is 0 Å². The van der Waals surface area contributed by atoms with E-state index in [0.29, 0.717) is 16.4 Å². The fourth-order valence-corrected chi connectivity index (χ4v) is 2.86. The van der Waals surface area contributed by atoms with Gasteiger partial charge >= 0.3 is 0 Å². The lowest BCUT2D eigenvalue weighted by Gasteiger charge is -2.13. The summed E-state index contributed by atoms with van der Waals surface area (Å²) in [5.74, 6) is 0. The van der Waals surface area contributed by atoms with Crippen LogP contribution in [0.3, 0.4) is 0 Å². The second kappa shape index (κ2) is 5.53. The maximum absolute atomic E-state index is 10.7. The van der Waals surface area contributed by atoms with Gasteiger partial charge in [-0.3, -0.25) is 4.40 Å². The van der Waals surface area contributed by atoms with E-state index in [4.69, 9.17) is 11.6 Å². The molecule has 0 fully saturated rings. The number of pyridine rings is 1. The summed E-state index contributed by atoms with van der Waals surface area (Å²) < 4.78 is 3.50. The molecule has 0 spiro atoms. The van der Waals surface area contributed by atoms with Gasteiger partial charge in [0.15, 0.2) is 0 Å². The van der Waals surface area contributed by atoms with Crippen molar-refractivity contribution in [2.75, 3.05) is 0 Å². The highest BCUT2D eigenvalue weighted by molar-refractivity contribution is 6.31. The number of hydrogen-bond acceptors (Lipinski definition) is 3. The van der Waals surface area contributed by atoms with Crippen LogP contribution in [-0.2, 0) is 0 Å². The Morgan fingerprint density at radius 1 is 1.04 bits per heavy atom. The van der Waals surface area contributed by atoms with Crippen LogP contribution < -0.4 is 0 Å². The summed E-state index contributed by atoms with van der Waals surface area (Å²) in [5, 5.41) is 15.7. The van der Waals surface area contributed by atoms with Crippen LogP contribution in [0.25, 0.3) is 11.2 Å². The van der Waals surface area contributed by atoms with Gasteiger partial charge in [0.2, 0.25) is 0 Å². The van der Waals surface area contributed by atoms with Gasteiger partial charge < -0.3 is 5.11 Å². The average molecular weight is 325 g/mol. The zero-order valence-electron chi connectivity index (χ0n) is 12.0. The number of aromatic nitrogens is 4. The number of aliphatic hydroxyl groups is 1. The summed E-state index contributed by atoms with van der Waals surface area (Å²) in [7, 11) is 0. The van der Waals surface area contributed by atoms with Crippen LogP contribution >= 0.6 is 11.6 Å². The molecule has 3 aromatic heterocycles. The second-order valence-corrected chi connectivity index (χ2v) is 5.59. The van der Waals surface area contributed by atoms with Crippen LogP contribution in [0, 0.1) is 0 Å².